The first kappa shape index (κ1) is 54.6. The van der Waals surface area contributed by atoms with Gasteiger partial charge in [0.25, 0.3) is 0 Å². The highest BCUT2D eigenvalue weighted by Gasteiger charge is 2.32. The lowest BCUT2D eigenvalue weighted by Gasteiger charge is -2.39. The van der Waals surface area contributed by atoms with E-state index >= 15 is 0 Å². The Morgan fingerprint density at radius 3 is 2.17 bits per heavy atom. The zero-order chi connectivity index (χ0) is 50.5. The summed E-state index contributed by atoms with van der Waals surface area (Å²) in [4.78, 5) is 32.1. The smallest absolute Gasteiger partial charge is 0.446 e. The third-order valence-electron chi connectivity index (χ3n) is 12.4. The van der Waals surface area contributed by atoms with Crippen molar-refractivity contribution in [1.82, 2.24) is 19.4 Å². The molecule has 0 aromatic heterocycles. The summed E-state index contributed by atoms with van der Waals surface area (Å²) in [6.45, 7) is 21.5. The number of hydrogen-bond donors (Lipinski definition) is 2. The molecule has 4 aromatic carbocycles. The van der Waals surface area contributed by atoms with Gasteiger partial charge in [-0.15, -0.1) is 0 Å². The number of nitrogens with zero attached hydrogens (tertiary/aromatic N) is 4. The lowest BCUT2D eigenvalue weighted by molar-refractivity contribution is -0.107. The van der Waals surface area contributed by atoms with Crippen LogP contribution >= 0.6 is 35.3 Å². The average Bonchev–Trinajstić information content (AvgIpc) is 3.31. The predicted molar refractivity (Wildman–Crippen MR) is 280 cm³/mol. The molecule has 380 valence electrons. The van der Waals surface area contributed by atoms with Gasteiger partial charge < -0.3 is 29.3 Å². The van der Waals surface area contributed by atoms with Crippen LogP contribution in [0.1, 0.15) is 71.4 Å². The number of methoxy groups -OCH3 is 1. The van der Waals surface area contributed by atoms with Crippen LogP contribution in [0.3, 0.4) is 0 Å². The fourth-order valence-corrected chi connectivity index (χ4v) is 9.97. The predicted octanol–water partition coefficient (Wildman–Crippen LogP) is 12.6. The van der Waals surface area contributed by atoms with E-state index in [1.165, 1.54) is 35.7 Å². The average molecular weight is 1030 g/mol. The van der Waals surface area contributed by atoms with Crippen LogP contribution < -0.4 is 24.4 Å². The highest BCUT2D eigenvalue weighted by Crippen LogP contribution is 2.44. The summed E-state index contributed by atoms with van der Waals surface area (Å²) in [7, 11) is 1.68. The van der Waals surface area contributed by atoms with Gasteiger partial charge in [-0.3, -0.25) is 19.3 Å². The van der Waals surface area contributed by atoms with Crippen molar-refractivity contribution in [2.75, 3.05) is 89.3 Å². The third-order valence-corrected chi connectivity index (χ3v) is 14.1. The molecule has 0 atom stereocenters. The van der Waals surface area contributed by atoms with Crippen molar-refractivity contribution in [3.05, 3.63) is 107 Å². The molecule has 4 aromatic rings. The van der Waals surface area contributed by atoms with E-state index < -0.39 is 11.1 Å². The molecule has 0 bridgehead atoms. The number of aryl methyl sites for hydroxylation is 1. The topological polar surface area (TPSA) is 98.8 Å². The zero-order valence-corrected chi connectivity index (χ0v) is 43.8. The highest BCUT2D eigenvalue weighted by molar-refractivity contribution is 8.00. The van der Waals surface area contributed by atoms with Crippen LogP contribution in [-0.2, 0) is 9.53 Å². The monoisotopic (exact) mass is 1020 g/mol. The summed E-state index contributed by atoms with van der Waals surface area (Å²) in [5.74, 6) is 2.54. The SMILES string of the molecule is CC(C)(C)OC(=O)N1CCN(CCCNc2ccc(SNC=O)cc2SC(F)(F)F)CC1.COc1ccc(Oc2cc(N3CCN(CC4=C(c5ccc(Cl)cc5)CC(C)(C)CC4)CC3)ccc2C)cc1. The first-order valence-electron chi connectivity index (χ1n) is 23.8. The number of amides is 2. The number of benzene rings is 4. The van der Waals surface area contributed by atoms with Crippen molar-refractivity contribution < 1.29 is 37.0 Å². The van der Waals surface area contributed by atoms with Crippen LogP contribution in [0.4, 0.5) is 29.3 Å². The number of hydrogen-bond acceptors (Lipinski definition) is 11. The quantitative estimate of drug-likeness (QED) is 0.0486. The Kier molecular flexibility index (Phi) is 19.6. The fourth-order valence-electron chi connectivity index (χ4n) is 8.58. The standard InChI is InChI=1S/C33H39ClN2O2.C20H29F3N4O3S2/c1-24-5-10-28(21-32(24)38-30-13-11-29(37-4)12-14-30)36-19-17-35(18-20-36)23-26-15-16-33(2,3)22-31(26)25-6-8-27(34)9-7-25;1-19(2,3)30-18(29)27-11-9-26(10-12-27)8-4-7-24-16-6-5-15(32-25-14-28)13-17(16)31-20(21,22)23/h5-14,21H,15-20,22-23H2,1-4H3;5-6,13-14,24H,4,7-12H2,1-3H3,(H,25,28). The van der Waals surface area contributed by atoms with Crippen molar-refractivity contribution in [1.29, 1.82) is 0 Å². The summed E-state index contributed by atoms with van der Waals surface area (Å²) >= 11 is 6.96. The number of allylic oxidation sites excluding steroid dienone is 1. The molecule has 17 heteroatoms. The molecule has 7 rings (SSSR count). The number of ether oxygens (including phenoxy) is 3. The maximum Gasteiger partial charge on any atom is 0.446 e. The summed E-state index contributed by atoms with van der Waals surface area (Å²) in [6.07, 6.45) is 4.46. The minimum absolute atomic E-state index is 0.0566. The Bertz CT molecular complexity index is 2370. The molecule has 0 unspecified atom stereocenters. The molecule has 2 amide bonds. The maximum atomic E-state index is 12.9. The molecule has 2 aliphatic heterocycles. The van der Waals surface area contributed by atoms with E-state index in [0.717, 1.165) is 105 Å². The van der Waals surface area contributed by atoms with Crippen LogP contribution in [0, 0.1) is 12.3 Å². The Hall–Kier alpha value is -4.74. The van der Waals surface area contributed by atoms with E-state index in [1.807, 2.05) is 57.2 Å². The molecular formula is C53H68ClF3N6O5S2. The summed E-state index contributed by atoms with van der Waals surface area (Å²) < 4.78 is 58.0. The normalized spacial score (nSPS) is 16.8. The molecule has 70 heavy (non-hydrogen) atoms. The molecule has 11 nitrogen and oxygen atoms in total. The molecule has 3 aliphatic rings. The van der Waals surface area contributed by atoms with Crippen molar-refractivity contribution in [3.63, 3.8) is 0 Å². The molecule has 0 saturated carbocycles. The van der Waals surface area contributed by atoms with Gasteiger partial charge in [-0.1, -0.05) is 49.2 Å². The van der Waals surface area contributed by atoms with Gasteiger partial charge in [0.1, 0.15) is 22.8 Å². The molecule has 2 fully saturated rings. The van der Waals surface area contributed by atoms with Crippen LogP contribution in [0.15, 0.2) is 100 Å². The molecule has 0 spiro atoms. The van der Waals surface area contributed by atoms with E-state index in [0.29, 0.717) is 42.0 Å². The second-order valence-corrected chi connectivity index (χ2v) is 22.0. The molecule has 2 saturated heterocycles. The summed E-state index contributed by atoms with van der Waals surface area (Å²) in [6, 6.07) is 27.4. The third kappa shape index (κ3) is 17.2. The first-order chi connectivity index (χ1) is 33.3. The lowest BCUT2D eigenvalue weighted by atomic mass is 9.72. The molecule has 2 N–H and O–H groups in total. The molecular weight excluding hydrogens is 957 g/mol. The van der Waals surface area contributed by atoms with Crippen LogP contribution in [-0.4, -0.2) is 117 Å². The largest absolute Gasteiger partial charge is 0.497 e. The minimum Gasteiger partial charge on any atom is -0.497 e. The molecule has 0 radical (unpaired) electrons. The Labute approximate surface area is 425 Å². The van der Waals surface area contributed by atoms with Crippen molar-refractivity contribution in [2.24, 2.45) is 5.41 Å². The van der Waals surface area contributed by atoms with Gasteiger partial charge in [-0.2, -0.15) is 13.2 Å². The molecule has 1 aliphatic carbocycles. The Morgan fingerprint density at radius 1 is 0.857 bits per heavy atom. The second-order valence-electron chi connectivity index (χ2n) is 19.6. The van der Waals surface area contributed by atoms with E-state index in [2.05, 4.69) is 75.8 Å². The van der Waals surface area contributed by atoms with Crippen LogP contribution in [0.2, 0.25) is 5.02 Å². The lowest BCUT2D eigenvalue weighted by Crippen LogP contribution is -2.50. The number of piperazine rings is 2. The van der Waals surface area contributed by atoms with E-state index in [4.69, 9.17) is 25.8 Å². The van der Waals surface area contributed by atoms with Gasteiger partial charge in [-0.25, -0.2) is 4.79 Å². The van der Waals surface area contributed by atoms with Crippen LogP contribution in [0.5, 0.6) is 17.2 Å². The number of thioether (sulfide) groups is 1. The number of halogens is 4. The van der Waals surface area contributed by atoms with Crippen molar-refractivity contribution in [2.45, 2.75) is 88.1 Å². The minimum atomic E-state index is -4.41. The molecule has 2 heterocycles. The Morgan fingerprint density at radius 2 is 1.53 bits per heavy atom. The highest BCUT2D eigenvalue weighted by atomic mass is 35.5. The van der Waals surface area contributed by atoms with Gasteiger partial charge in [0, 0.05) is 97.7 Å². The van der Waals surface area contributed by atoms with Gasteiger partial charge in [0.2, 0.25) is 6.41 Å². The van der Waals surface area contributed by atoms with E-state index in [-0.39, 0.29) is 22.8 Å². The fraction of sp³-hybridized carbons (Fsp3) is 0.472. The van der Waals surface area contributed by atoms with Crippen molar-refractivity contribution >= 4 is 64.8 Å². The zero-order valence-electron chi connectivity index (χ0n) is 41.4. The van der Waals surface area contributed by atoms with E-state index in [9.17, 15) is 22.8 Å². The van der Waals surface area contributed by atoms with E-state index in [1.54, 1.807) is 29.7 Å². The second kappa shape index (κ2) is 25.1. The summed E-state index contributed by atoms with van der Waals surface area (Å²) in [5.41, 5.74) is 2.62. The Balaban J connectivity index is 0.000000234. The number of carbonyl (C=O) groups excluding carboxylic acids is 2. The van der Waals surface area contributed by atoms with Gasteiger partial charge in [-0.05, 0) is 166 Å². The van der Waals surface area contributed by atoms with Gasteiger partial charge in [0.05, 0.1) is 7.11 Å². The van der Waals surface area contributed by atoms with Crippen molar-refractivity contribution in [3.8, 4) is 17.2 Å². The number of nitrogens with one attached hydrogen (secondary N) is 2. The summed E-state index contributed by atoms with van der Waals surface area (Å²) in [5, 5.41) is 3.88. The first-order valence-corrected chi connectivity index (χ1v) is 25.8. The van der Waals surface area contributed by atoms with Crippen LogP contribution in [0.25, 0.3) is 5.57 Å². The van der Waals surface area contributed by atoms with Gasteiger partial charge >= 0.3 is 11.6 Å². The number of alkyl halides is 3. The number of carbonyl (C=O) groups is 2. The van der Waals surface area contributed by atoms with Gasteiger partial charge in [0.15, 0.2) is 0 Å². The maximum absolute atomic E-state index is 12.9. The number of rotatable bonds is 16. The number of anilines is 2.